The van der Waals surface area contributed by atoms with Crippen molar-refractivity contribution in [3.05, 3.63) is 58.6 Å². The van der Waals surface area contributed by atoms with Crippen LogP contribution in [0, 0.1) is 0 Å². The van der Waals surface area contributed by atoms with Crippen molar-refractivity contribution in [2.45, 2.75) is 13.8 Å². The molecule has 0 aromatic heterocycles. The number of carbonyl (C=O) groups excluding carboxylic acids is 3. The first-order valence-electron chi connectivity index (χ1n) is 8.75. The Hall–Kier alpha value is -2.86. The number of benzene rings is 2. The fraction of sp³-hybridized carbons (Fsp3) is 0.250. The number of anilines is 2. The Balaban J connectivity index is 1.66. The minimum Gasteiger partial charge on any atom is -0.372 e. The summed E-state index contributed by atoms with van der Waals surface area (Å²) in [4.78, 5) is 40.2. The van der Waals surface area contributed by atoms with Gasteiger partial charge in [-0.1, -0.05) is 11.6 Å². The number of carbonyl (C=O) groups is 3. The zero-order valence-corrected chi connectivity index (χ0v) is 15.9. The smallest absolute Gasteiger partial charge is 0.262 e. The molecule has 1 N–H and O–H groups in total. The summed E-state index contributed by atoms with van der Waals surface area (Å²) in [6, 6.07) is 11.9. The molecule has 7 heteroatoms. The van der Waals surface area contributed by atoms with Gasteiger partial charge < -0.3 is 10.2 Å². The van der Waals surface area contributed by atoms with Crippen molar-refractivity contribution in [3.8, 4) is 0 Å². The molecule has 2 aromatic rings. The molecule has 0 fully saturated rings. The second-order valence-electron chi connectivity index (χ2n) is 6.15. The number of nitrogens with zero attached hydrogens (tertiary/aromatic N) is 2. The van der Waals surface area contributed by atoms with Crippen molar-refractivity contribution in [1.82, 2.24) is 4.90 Å². The van der Waals surface area contributed by atoms with Gasteiger partial charge in [-0.05, 0) is 56.3 Å². The van der Waals surface area contributed by atoms with Crippen LogP contribution in [0.1, 0.15) is 34.6 Å². The molecule has 0 spiro atoms. The van der Waals surface area contributed by atoms with Crippen LogP contribution in [-0.4, -0.2) is 42.3 Å². The van der Waals surface area contributed by atoms with Crippen molar-refractivity contribution < 1.29 is 14.4 Å². The van der Waals surface area contributed by atoms with E-state index in [2.05, 4.69) is 24.1 Å². The Morgan fingerprint density at radius 2 is 1.63 bits per heavy atom. The van der Waals surface area contributed by atoms with Crippen LogP contribution in [0.2, 0.25) is 5.02 Å². The van der Waals surface area contributed by atoms with Gasteiger partial charge in [0.15, 0.2) is 0 Å². The minimum atomic E-state index is -0.510. The first kappa shape index (κ1) is 18.9. The molecule has 0 saturated heterocycles. The summed E-state index contributed by atoms with van der Waals surface area (Å²) in [5.74, 6) is -1.44. The van der Waals surface area contributed by atoms with Crippen LogP contribution in [0.5, 0.6) is 0 Å². The maximum atomic E-state index is 12.4. The Bertz CT molecular complexity index is 892. The number of amides is 3. The minimum absolute atomic E-state index is 0.226. The van der Waals surface area contributed by atoms with Gasteiger partial charge in [0.25, 0.3) is 11.8 Å². The molecule has 2 aromatic carbocycles. The highest BCUT2D eigenvalue weighted by Crippen LogP contribution is 2.26. The lowest BCUT2D eigenvalue weighted by Crippen LogP contribution is -2.37. The average Bonchev–Trinajstić information content (AvgIpc) is 2.88. The predicted molar refractivity (Wildman–Crippen MR) is 105 cm³/mol. The molecule has 6 nitrogen and oxygen atoms in total. The van der Waals surface area contributed by atoms with Gasteiger partial charge in [-0.2, -0.15) is 0 Å². The van der Waals surface area contributed by atoms with E-state index in [1.807, 2.05) is 12.1 Å². The summed E-state index contributed by atoms with van der Waals surface area (Å²) >= 11 is 5.89. The van der Waals surface area contributed by atoms with Crippen LogP contribution in [0.3, 0.4) is 0 Å². The van der Waals surface area contributed by atoms with Crippen molar-refractivity contribution in [3.63, 3.8) is 0 Å². The van der Waals surface area contributed by atoms with Crippen LogP contribution in [0.4, 0.5) is 11.4 Å². The standard InChI is InChI=1S/C20H20ClN3O3/c1-3-23(4-2)15-8-6-14(7-9-15)22-18(25)12-24-19(26)16-10-5-13(21)11-17(16)20(24)27/h5-11H,3-4,12H2,1-2H3,(H,22,25). The van der Waals surface area contributed by atoms with Gasteiger partial charge in [-0.3, -0.25) is 19.3 Å². The quantitative estimate of drug-likeness (QED) is 0.773. The zero-order chi connectivity index (χ0) is 19.6. The number of hydrogen-bond acceptors (Lipinski definition) is 4. The summed E-state index contributed by atoms with van der Waals surface area (Å²) in [5, 5.41) is 3.09. The molecule has 27 heavy (non-hydrogen) atoms. The third kappa shape index (κ3) is 3.80. The number of hydrogen-bond donors (Lipinski definition) is 1. The van der Waals surface area contributed by atoms with E-state index >= 15 is 0 Å². The fourth-order valence-corrected chi connectivity index (χ4v) is 3.27. The van der Waals surface area contributed by atoms with Gasteiger partial charge in [0.2, 0.25) is 5.91 Å². The molecule has 0 bridgehead atoms. The van der Waals surface area contributed by atoms with Crippen LogP contribution >= 0.6 is 11.6 Å². The molecular weight excluding hydrogens is 366 g/mol. The lowest BCUT2D eigenvalue weighted by Gasteiger charge is -2.21. The summed E-state index contributed by atoms with van der Waals surface area (Å²) < 4.78 is 0. The van der Waals surface area contributed by atoms with Gasteiger partial charge in [-0.15, -0.1) is 0 Å². The molecule has 1 aliphatic heterocycles. The largest absolute Gasteiger partial charge is 0.372 e. The lowest BCUT2D eigenvalue weighted by atomic mass is 10.1. The molecule has 0 atom stereocenters. The van der Waals surface area contributed by atoms with Crippen LogP contribution < -0.4 is 10.2 Å². The van der Waals surface area contributed by atoms with E-state index in [9.17, 15) is 14.4 Å². The SMILES string of the molecule is CCN(CC)c1ccc(NC(=O)CN2C(=O)c3ccc(Cl)cc3C2=O)cc1. The first-order chi connectivity index (χ1) is 12.9. The summed E-state index contributed by atoms with van der Waals surface area (Å²) in [6.07, 6.45) is 0. The molecule has 0 aliphatic carbocycles. The fourth-order valence-electron chi connectivity index (χ4n) is 3.09. The van der Waals surface area contributed by atoms with E-state index < -0.39 is 17.7 Å². The summed E-state index contributed by atoms with van der Waals surface area (Å²) in [5.41, 5.74) is 2.16. The predicted octanol–water partition coefficient (Wildman–Crippen LogP) is 3.42. The Labute approximate surface area is 162 Å². The van der Waals surface area contributed by atoms with E-state index in [-0.39, 0.29) is 17.7 Å². The lowest BCUT2D eigenvalue weighted by molar-refractivity contribution is -0.116. The highest BCUT2D eigenvalue weighted by atomic mass is 35.5. The average molecular weight is 386 g/mol. The molecule has 0 radical (unpaired) electrons. The molecule has 3 rings (SSSR count). The van der Waals surface area contributed by atoms with Crippen LogP contribution in [0.15, 0.2) is 42.5 Å². The maximum Gasteiger partial charge on any atom is 0.262 e. The van der Waals surface area contributed by atoms with Gasteiger partial charge >= 0.3 is 0 Å². The molecule has 1 heterocycles. The van der Waals surface area contributed by atoms with Crippen molar-refractivity contribution in [2.24, 2.45) is 0 Å². The summed E-state index contributed by atoms with van der Waals surface area (Å²) in [7, 11) is 0. The van der Waals surface area contributed by atoms with Gasteiger partial charge in [0.1, 0.15) is 6.54 Å². The van der Waals surface area contributed by atoms with E-state index in [4.69, 9.17) is 11.6 Å². The van der Waals surface area contributed by atoms with Gasteiger partial charge in [0, 0.05) is 29.5 Å². The molecular formula is C20H20ClN3O3. The van der Waals surface area contributed by atoms with Crippen molar-refractivity contribution in [1.29, 1.82) is 0 Å². The Morgan fingerprint density at radius 3 is 2.26 bits per heavy atom. The Morgan fingerprint density at radius 1 is 1.00 bits per heavy atom. The first-order valence-corrected chi connectivity index (χ1v) is 9.13. The Kier molecular flexibility index (Phi) is 5.46. The highest BCUT2D eigenvalue weighted by Gasteiger charge is 2.36. The number of rotatable bonds is 6. The van der Waals surface area contributed by atoms with Crippen LogP contribution in [0.25, 0.3) is 0 Å². The number of nitrogens with one attached hydrogen (secondary N) is 1. The third-order valence-electron chi connectivity index (χ3n) is 4.51. The summed E-state index contributed by atoms with van der Waals surface area (Å²) in [6.45, 7) is 5.60. The normalized spacial score (nSPS) is 12.9. The highest BCUT2D eigenvalue weighted by molar-refractivity contribution is 6.32. The van der Waals surface area contributed by atoms with E-state index in [1.165, 1.54) is 12.1 Å². The third-order valence-corrected chi connectivity index (χ3v) is 4.75. The molecule has 3 amide bonds. The maximum absolute atomic E-state index is 12.4. The van der Waals surface area contributed by atoms with Gasteiger partial charge in [-0.25, -0.2) is 0 Å². The van der Waals surface area contributed by atoms with Crippen molar-refractivity contribution >= 4 is 40.7 Å². The van der Waals surface area contributed by atoms with E-state index in [0.717, 1.165) is 23.7 Å². The topological polar surface area (TPSA) is 69.7 Å². The van der Waals surface area contributed by atoms with Crippen molar-refractivity contribution in [2.75, 3.05) is 29.9 Å². The van der Waals surface area contributed by atoms with Gasteiger partial charge in [0.05, 0.1) is 11.1 Å². The molecule has 0 unspecified atom stereocenters. The molecule has 140 valence electrons. The second-order valence-corrected chi connectivity index (χ2v) is 6.59. The number of halogens is 1. The molecule has 0 saturated carbocycles. The number of imide groups is 1. The second kappa shape index (κ2) is 7.80. The van der Waals surface area contributed by atoms with E-state index in [1.54, 1.807) is 18.2 Å². The van der Waals surface area contributed by atoms with Crippen LogP contribution in [-0.2, 0) is 4.79 Å². The van der Waals surface area contributed by atoms with E-state index in [0.29, 0.717) is 10.7 Å². The number of fused-ring (bicyclic) bond motifs is 1. The monoisotopic (exact) mass is 385 g/mol. The molecule has 1 aliphatic rings. The zero-order valence-electron chi connectivity index (χ0n) is 15.2.